The molecule has 1 spiro atoms. The Labute approximate surface area is 153 Å². The Morgan fingerprint density at radius 2 is 2.04 bits per heavy atom. The van der Waals surface area contributed by atoms with E-state index >= 15 is 0 Å². The summed E-state index contributed by atoms with van der Waals surface area (Å²) in [5, 5.41) is 3.18. The summed E-state index contributed by atoms with van der Waals surface area (Å²) in [4.78, 5) is 20.9. The van der Waals surface area contributed by atoms with Gasteiger partial charge in [0, 0.05) is 18.2 Å². The molecule has 1 aliphatic carbocycles. The number of ether oxygens (including phenoxy) is 1. The molecule has 1 atom stereocenters. The number of anilines is 1. The maximum Gasteiger partial charge on any atom is 0.255 e. The third kappa shape index (κ3) is 3.11. The number of nitrogens with one attached hydrogen (secondary N) is 1. The molecule has 136 valence electrons. The highest BCUT2D eigenvalue weighted by molar-refractivity contribution is 5.95. The Bertz CT molecular complexity index is 830. The number of carbonyl (C=O) groups is 1. The lowest BCUT2D eigenvalue weighted by Crippen LogP contribution is -2.46. The number of benzene rings is 1. The van der Waals surface area contributed by atoms with Crippen molar-refractivity contribution in [3.8, 4) is 5.75 Å². The number of nitrogens with zero attached hydrogens (tertiary/aromatic N) is 2. The summed E-state index contributed by atoms with van der Waals surface area (Å²) in [6.07, 6.45) is 7.97. The highest BCUT2D eigenvalue weighted by Gasteiger charge is 2.42. The van der Waals surface area contributed by atoms with E-state index < -0.39 is 0 Å². The van der Waals surface area contributed by atoms with Crippen molar-refractivity contribution in [3.63, 3.8) is 0 Å². The van der Waals surface area contributed by atoms with Crippen LogP contribution in [0.25, 0.3) is 0 Å². The molecule has 1 aromatic heterocycles. The second-order valence-corrected chi connectivity index (χ2v) is 7.34. The minimum Gasteiger partial charge on any atom is -0.487 e. The van der Waals surface area contributed by atoms with Gasteiger partial charge < -0.3 is 15.8 Å². The van der Waals surface area contributed by atoms with Crippen LogP contribution in [0, 0.1) is 6.92 Å². The highest BCUT2D eigenvalue weighted by atomic mass is 16.5. The summed E-state index contributed by atoms with van der Waals surface area (Å²) >= 11 is 0. The zero-order valence-corrected chi connectivity index (χ0v) is 15.0. The molecule has 0 saturated heterocycles. The second kappa shape index (κ2) is 6.59. The van der Waals surface area contributed by atoms with Gasteiger partial charge in [-0.3, -0.25) is 4.79 Å². The second-order valence-electron chi connectivity index (χ2n) is 7.34. The van der Waals surface area contributed by atoms with Gasteiger partial charge in [0.15, 0.2) is 0 Å². The monoisotopic (exact) mass is 352 g/mol. The molecule has 6 heteroatoms. The highest BCUT2D eigenvalue weighted by Crippen LogP contribution is 2.46. The lowest BCUT2D eigenvalue weighted by atomic mass is 9.77. The molecule has 4 rings (SSSR count). The predicted octanol–water partition coefficient (Wildman–Crippen LogP) is 3.32. The smallest absolute Gasteiger partial charge is 0.255 e. The van der Waals surface area contributed by atoms with E-state index in [1.54, 1.807) is 6.92 Å². The molecule has 3 N–H and O–H groups in total. The first-order chi connectivity index (χ1) is 12.6. The molecule has 6 nitrogen and oxygen atoms in total. The van der Waals surface area contributed by atoms with Crippen LogP contribution in [0.5, 0.6) is 5.75 Å². The van der Waals surface area contributed by atoms with E-state index in [0.29, 0.717) is 11.3 Å². The number of nitrogen functional groups attached to an aromatic ring is 1. The molecule has 0 unspecified atom stereocenters. The molecule has 2 aliphatic rings. The Kier molecular flexibility index (Phi) is 4.26. The van der Waals surface area contributed by atoms with E-state index in [1.165, 1.54) is 25.5 Å². The van der Waals surface area contributed by atoms with Crippen molar-refractivity contribution in [2.75, 3.05) is 5.73 Å². The topological polar surface area (TPSA) is 90.1 Å². The van der Waals surface area contributed by atoms with Gasteiger partial charge in [0.2, 0.25) is 5.95 Å². The third-order valence-corrected chi connectivity index (χ3v) is 5.51. The summed E-state index contributed by atoms with van der Waals surface area (Å²) in [6, 6.07) is 7.92. The van der Waals surface area contributed by atoms with Gasteiger partial charge in [-0.15, -0.1) is 0 Å². The van der Waals surface area contributed by atoms with Gasteiger partial charge in [-0.2, -0.15) is 0 Å². The summed E-state index contributed by atoms with van der Waals surface area (Å²) in [7, 11) is 0. The van der Waals surface area contributed by atoms with E-state index in [9.17, 15) is 4.79 Å². The van der Waals surface area contributed by atoms with E-state index in [2.05, 4.69) is 15.3 Å². The van der Waals surface area contributed by atoms with Crippen molar-refractivity contribution in [2.24, 2.45) is 0 Å². The summed E-state index contributed by atoms with van der Waals surface area (Å²) < 4.78 is 6.42. The van der Waals surface area contributed by atoms with Crippen molar-refractivity contribution in [3.05, 3.63) is 47.3 Å². The molecular weight excluding hydrogens is 328 g/mol. The van der Waals surface area contributed by atoms with Crippen LogP contribution in [0.1, 0.15) is 66.2 Å². The van der Waals surface area contributed by atoms with Crippen molar-refractivity contribution < 1.29 is 9.53 Å². The predicted molar refractivity (Wildman–Crippen MR) is 98.9 cm³/mol. The largest absolute Gasteiger partial charge is 0.487 e. The Balaban J connectivity index is 1.62. The molecule has 1 saturated carbocycles. The number of fused-ring (bicyclic) bond motifs is 1. The number of aromatic nitrogens is 2. The molecule has 26 heavy (non-hydrogen) atoms. The van der Waals surface area contributed by atoms with Gasteiger partial charge in [0.25, 0.3) is 5.91 Å². The fourth-order valence-electron chi connectivity index (χ4n) is 4.19. The first kappa shape index (κ1) is 16.8. The SMILES string of the molecule is Cc1nc(N)ncc1C(=O)N[C@@H]1CC2(CCCCC2)Oc2ccccc21. The molecule has 1 amide bonds. The van der Waals surface area contributed by atoms with Gasteiger partial charge in [0.05, 0.1) is 17.3 Å². The van der Waals surface area contributed by atoms with E-state index in [-0.39, 0.29) is 23.5 Å². The first-order valence-electron chi connectivity index (χ1n) is 9.24. The third-order valence-electron chi connectivity index (χ3n) is 5.51. The lowest BCUT2D eigenvalue weighted by Gasteiger charge is -2.44. The normalized spacial score (nSPS) is 20.9. The molecule has 2 heterocycles. The number of aryl methyl sites for hydroxylation is 1. The minimum atomic E-state index is -0.171. The lowest BCUT2D eigenvalue weighted by molar-refractivity contribution is -0.00210. The van der Waals surface area contributed by atoms with Crippen LogP contribution in [0.15, 0.2) is 30.5 Å². The molecule has 1 fully saturated rings. The van der Waals surface area contributed by atoms with Gasteiger partial charge in [-0.25, -0.2) is 9.97 Å². The van der Waals surface area contributed by atoms with Crippen LogP contribution in [0.4, 0.5) is 5.95 Å². The van der Waals surface area contributed by atoms with E-state index in [4.69, 9.17) is 10.5 Å². The quantitative estimate of drug-likeness (QED) is 0.865. The fraction of sp³-hybridized carbons (Fsp3) is 0.450. The van der Waals surface area contributed by atoms with Gasteiger partial charge in [-0.1, -0.05) is 24.6 Å². The van der Waals surface area contributed by atoms with Gasteiger partial charge in [-0.05, 0) is 38.7 Å². The number of rotatable bonds is 2. The Morgan fingerprint density at radius 3 is 2.81 bits per heavy atom. The summed E-state index contributed by atoms with van der Waals surface area (Å²) in [5.74, 6) is 0.892. The maximum atomic E-state index is 12.9. The van der Waals surface area contributed by atoms with Crippen LogP contribution >= 0.6 is 0 Å². The van der Waals surface area contributed by atoms with Gasteiger partial charge >= 0.3 is 0 Å². The fourth-order valence-corrected chi connectivity index (χ4v) is 4.19. The maximum absolute atomic E-state index is 12.9. The van der Waals surface area contributed by atoms with Crippen LogP contribution in [0.2, 0.25) is 0 Å². The van der Waals surface area contributed by atoms with Crippen molar-refractivity contribution in [1.82, 2.24) is 15.3 Å². The Morgan fingerprint density at radius 1 is 1.27 bits per heavy atom. The molecule has 0 radical (unpaired) electrons. The van der Waals surface area contributed by atoms with E-state index in [1.807, 2.05) is 24.3 Å². The first-order valence-corrected chi connectivity index (χ1v) is 9.24. The molecular formula is C20H24N4O2. The van der Waals surface area contributed by atoms with Crippen LogP contribution < -0.4 is 15.8 Å². The van der Waals surface area contributed by atoms with Crippen molar-refractivity contribution >= 4 is 11.9 Å². The van der Waals surface area contributed by atoms with E-state index in [0.717, 1.165) is 30.6 Å². The molecule has 1 aliphatic heterocycles. The van der Waals surface area contributed by atoms with Gasteiger partial charge in [0.1, 0.15) is 11.4 Å². The molecule has 1 aromatic carbocycles. The summed E-state index contributed by atoms with van der Waals surface area (Å²) in [5.41, 5.74) is 7.51. The van der Waals surface area contributed by atoms with Crippen LogP contribution in [-0.2, 0) is 0 Å². The number of hydrogen-bond acceptors (Lipinski definition) is 5. The van der Waals surface area contributed by atoms with Crippen LogP contribution in [-0.4, -0.2) is 21.5 Å². The number of carbonyl (C=O) groups excluding carboxylic acids is 1. The zero-order chi connectivity index (χ0) is 18.1. The zero-order valence-electron chi connectivity index (χ0n) is 15.0. The average molecular weight is 352 g/mol. The average Bonchev–Trinajstić information content (AvgIpc) is 2.62. The standard InChI is InChI=1S/C20H24N4O2/c1-13-15(12-22-19(21)23-13)18(25)24-16-11-20(9-5-2-6-10-20)26-17-8-4-3-7-14(16)17/h3-4,7-8,12,16H,2,5-6,9-11H2,1H3,(H,24,25)(H2,21,22,23)/t16-/m1/s1. The van der Waals surface area contributed by atoms with Crippen LogP contribution in [0.3, 0.4) is 0 Å². The van der Waals surface area contributed by atoms with Crippen molar-refractivity contribution in [1.29, 1.82) is 0 Å². The molecule has 0 bridgehead atoms. The summed E-state index contributed by atoms with van der Waals surface area (Å²) in [6.45, 7) is 1.77. The Hall–Kier alpha value is -2.63. The van der Waals surface area contributed by atoms with Crippen molar-refractivity contribution in [2.45, 2.75) is 57.1 Å². The number of amides is 1. The minimum absolute atomic E-state index is 0.0810. The molecule has 2 aromatic rings. The number of para-hydroxylation sites is 1. The number of hydrogen-bond donors (Lipinski definition) is 2. The number of nitrogens with two attached hydrogens (primary N) is 1.